The van der Waals surface area contributed by atoms with Crippen LogP contribution in [0.25, 0.3) is 0 Å². The zero-order valence-electron chi connectivity index (χ0n) is 17.4. The Labute approximate surface area is 172 Å². The monoisotopic (exact) mass is 398 g/mol. The van der Waals surface area contributed by atoms with Gasteiger partial charge in [-0.05, 0) is 31.7 Å². The van der Waals surface area contributed by atoms with Crippen LogP contribution in [0.2, 0.25) is 0 Å². The van der Waals surface area contributed by atoms with Crippen molar-refractivity contribution >= 4 is 5.91 Å². The lowest BCUT2D eigenvalue weighted by Gasteiger charge is -2.32. The predicted octanol–water partition coefficient (Wildman–Crippen LogP) is 2.97. The first-order valence-electron chi connectivity index (χ1n) is 10.6. The third-order valence-electron chi connectivity index (χ3n) is 6.11. The smallest absolute Gasteiger partial charge is 0.227 e. The minimum Gasteiger partial charge on any atom is -0.497 e. The van der Waals surface area contributed by atoms with Crippen LogP contribution in [0, 0.1) is 0 Å². The lowest BCUT2D eigenvalue weighted by atomic mass is 9.96. The number of carbonyl (C=O) groups is 1. The van der Waals surface area contributed by atoms with Gasteiger partial charge in [0, 0.05) is 43.6 Å². The van der Waals surface area contributed by atoms with Gasteiger partial charge in [-0.2, -0.15) is 0 Å². The van der Waals surface area contributed by atoms with E-state index in [1.807, 2.05) is 23.1 Å². The normalized spacial score (nSPS) is 19.4. The van der Waals surface area contributed by atoms with Crippen LogP contribution in [0.4, 0.5) is 0 Å². The molecule has 7 heteroatoms. The molecule has 7 nitrogen and oxygen atoms in total. The number of rotatable bonds is 5. The highest BCUT2D eigenvalue weighted by Gasteiger charge is 2.29. The van der Waals surface area contributed by atoms with Gasteiger partial charge in [0.05, 0.1) is 20.6 Å². The average molecular weight is 399 g/mol. The molecule has 3 heterocycles. The molecule has 1 aromatic carbocycles. The summed E-state index contributed by atoms with van der Waals surface area (Å²) in [6.45, 7) is 2.52. The van der Waals surface area contributed by atoms with Crippen LogP contribution >= 0.6 is 0 Å². The molecule has 1 saturated heterocycles. The van der Waals surface area contributed by atoms with E-state index < -0.39 is 0 Å². The molecule has 0 saturated carbocycles. The van der Waals surface area contributed by atoms with E-state index in [1.165, 1.54) is 19.3 Å². The van der Waals surface area contributed by atoms with Crippen molar-refractivity contribution in [1.82, 2.24) is 19.7 Å². The van der Waals surface area contributed by atoms with E-state index in [2.05, 4.69) is 14.8 Å². The standard InChI is InChI=1S/C22H30N4O3/c1-28-18-10-9-16(19(14-18)29-2)13-21(27)25-11-6-7-17(15-25)22-24-23-20-8-4-3-5-12-26(20)22/h9-10,14,17H,3-8,11-13,15H2,1-2H3. The molecule has 1 atom stereocenters. The molecule has 156 valence electrons. The van der Waals surface area contributed by atoms with Crippen molar-refractivity contribution in [2.24, 2.45) is 0 Å². The molecule has 1 fully saturated rings. The number of hydrogen-bond donors (Lipinski definition) is 0. The van der Waals surface area contributed by atoms with Gasteiger partial charge >= 0.3 is 0 Å². The van der Waals surface area contributed by atoms with E-state index in [-0.39, 0.29) is 11.8 Å². The molecule has 4 rings (SSSR count). The first-order chi connectivity index (χ1) is 14.2. The number of fused-ring (bicyclic) bond motifs is 1. The Bertz CT molecular complexity index is 864. The number of likely N-dealkylation sites (tertiary alicyclic amines) is 1. The molecule has 2 aliphatic heterocycles. The van der Waals surface area contributed by atoms with Gasteiger partial charge in [0.1, 0.15) is 23.1 Å². The topological polar surface area (TPSA) is 69.5 Å². The fourth-order valence-electron chi connectivity index (χ4n) is 4.50. The first kappa shape index (κ1) is 19.7. The molecule has 2 aromatic rings. The summed E-state index contributed by atoms with van der Waals surface area (Å²) in [5, 5.41) is 8.98. The minimum absolute atomic E-state index is 0.133. The van der Waals surface area contributed by atoms with Gasteiger partial charge in [-0.1, -0.05) is 12.5 Å². The second kappa shape index (κ2) is 8.84. The summed E-state index contributed by atoms with van der Waals surface area (Å²) in [5.74, 6) is 4.00. The number of hydrogen-bond acceptors (Lipinski definition) is 5. The van der Waals surface area contributed by atoms with Gasteiger partial charge in [0.15, 0.2) is 0 Å². The summed E-state index contributed by atoms with van der Waals surface area (Å²) in [4.78, 5) is 15.0. The third-order valence-corrected chi connectivity index (χ3v) is 6.11. The SMILES string of the molecule is COc1ccc(CC(=O)N2CCCC(c3nnc4n3CCCCC4)C2)c(OC)c1. The second-order valence-corrected chi connectivity index (χ2v) is 7.97. The number of ether oxygens (including phenoxy) is 2. The van der Waals surface area contributed by atoms with Gasteiger partial charge in [-0.3, -0.25) is 4.79 Å². The average Bonchev–Trinajstić information content (AvgIpc) is 3.02. The first-order valence-corrected chi connectivity index (χ1v) is 10.6. The van der Waals surface area contributed by atoms with Gasteiger partial charge in [0.2, 0.25) is 5.91 Å². The number of amides is 1. The Morgan fingerprint density at radius 1 is 1.10 bits per heavy atom. The van der Waals surface area contributed by atoms with Gasteiger partial charge in [-0.15, -0.1) is 10.2 Å². The zero-order valence-corrected chi connectivity index (χ0v) is 17.4. The van der Waals surface area contributed by atoms with E-state index in [0.29, 0.717) is 12.2 Å². The van der Waals surface area contributed by atoms with Gasteiger partial charge in [-0.25, -0.2) is 0 Å². The van der Waals surface area contributed by atoms with Crippen molar-refractivity contribution in [3.63, 3.8) is 0 Å². The van der Waals surface area contributed by atoms with Crippen molar-refractivity contribution in [3.8, 4) is 11.5 Å². The number of piperidine rings is 1. The summed E-state index contributed by atoms with van der Waals surface area (Å²) < 4.78 is 13.0. The number of aryl methyl sites for hydroxylation is 1. The van der Waals surface area contributed by atoms with Crippen molar-refractivity contribution in [2.45, 2.75) is 57.4 Å². The van der Waals surface area contributed by atoms with Crippen molar-refractivity contribution in [1.29, 1.82) is 0 Å². The highest BCUT2D eigenvalue weighted by molar-refractivity contribution is 5.79. The minimum atomic E-state index is 0.133. The highest BCUT2D eigenvalue weighted by atomic mass is 16.5. The van der Waals surface area contributed by atoms with Crippen LogP contribution < -0.4 is 9.47 Å². The number of aromatic nitrogens is 3. The van der Waals surface area contributed by atoms with E-state index >= 15 is 0 Å². The molecule has 2 aliphatic rings. The van der Waals surface area contributed by atoms with E-state index in [1.54, 1.807) is 14.2 Å². The number of methoxy groups -OCH3 is 2. The molecular formula is C22H30N4O3. The van der Waals surface area contributed by atoms with E-state index in [9.17, 15) is 4.79 Å². The van der Waals surface area contributed by atoms with Crippen LogP contribution in [0.15, 0.2) is 18.2 Å². The van der Waals surface area contributed by atoms with Crippen molar-refractivity contribution in [3.05, 3.63) is 35.4 Å². The van der Waals surface area contributed by atoms with Gasteiger partial charge in [0.25, 0.3) is 0 Å². The summed E-state index contributed by atoms with van der Waals surface area (Å²) in [5.41, 5.74) is 0.886. The van der Waals surface area contributed by atoms with Crippen LogP contribution in [0.3, 0.4) is 0 Å². The van der Waals surface area contributed by atoms with Crippen LogP contribution in [-0.4, -0.2) is 52.9 Å². The maximum Gasteiger partial charge on any atom is 0.227 e. The summed E-state index contributed by atoms with van der Waals surface area (Å²) >= 11 is 0. The molecule has 1 unspecified atom stereocenters. The third kappa shape index (κ3) is 4.23. The largest absolute Gasteiger partial charge is 0.497 e. The number of carbonyl (C=O) groups excluding carboxylic acids is 1. The molecule has 0 spiro atoms. The number of benzene rings is 1. The van der Waals surface area contributed by atoms with Crippen LogP contribution in [0.1, 0.15) is 55.2 Å². The number of nitrogens with zero attached hydrogens (tertiary/aromatic N) is 4. The lowest BCUT2D eigenvalue weighted by Crippen LogP contribution is -2.40. The zero-order chi connectivity index (χ0) is 20.2. The van der Waals surface area contributed by atoms with Crippen LogP contribution in [0.5, 0.6) is 11.5 Å². The fourth-order valence-corrected chi connectivity index (χ4v) is 4.50. The second-order valence-electron chi connectivity index (χ2n) is 7.97. The maximum absolute atomic E-state index is 13.0. The van der Waals surface area contributed by atoms with E-state index in [0.717, 1.165) is 61.9 Å². The lowest BCUT2D eigenvalue weighted by molar-refractivity contribution is -0.131. The highest BCUT2D eigenvalue weighted by Crippen LogP contribution is 2.30. The Kier molecular flexibility index (Phi) is 6.02. The maximum atomic E-state index is 13.0. The summed E-state index contributed by atoms with van der Waals surface area (Å²) in [6.07, 6.45) is 7.03. The Balaban J connectivity index is 1.46. The Morgan fingerprint density at radius 2 is 2.00 bits per heavy atom. The molecule has 29 heavy (non-hydrogen) atoms. The van der Waals surface area contributed by atoms with Crippen molar-refractivity contribution < 1.29 is 14.3 Å². The molecule has 1 amide bonds. The molecular weight excluding hydrogens is 368 g/mol. The molecule has 0 N–H and O–H groups in total. The molecule has 1 aromatic heterocycles. The molecule has 0 bridgehead atoms. The molecule has 0 radical (unpaired) electrons. The Morgan fingerprint density at radius 3 is 2.83 bits per heavy atom. The summed E-state index contributed by atoms with van der Waals surface area (Å²) in [7, 11) is 3.25. The van der Waals surface area contributed by atoms with Gasteiger partial charge < -0.3 is 18.9 Å². The quantitative estimate of drug-likeness (QED) is 0.774. The van der Waals surface area contributed by atoms with E-state index in [4.69, 9.17) is 9.47 Å². The predicted molar refractivity (Wildman–Crippen MR) is 109 cm³/mol. The molecule has 0 aliphatic carbocycles. The Hall–Kier alpha value is -2.57. The van der Waals surface area contributed by atoms with Crippen LogP contribution in [-0.2, 0) is 24.2 Å². The van der Waals surface area contributed by atoms with Crippen molar-refractivity contribution in [2.75, 3.05) is 27.3 Å². The summed E-state index contributed by atoms with van der Waals surface area (Å²) in [6, 6.07) is 5.61. The fraction of sp³-hybridized carbons (Fsp3) is 0.591.